The van der Waals surface area contributed by atoms with Gasteiger partial charge in [-0.3, -0.25) is 4.79 Å². The first kappa shape index (κ1) is 13.9. The van der Waals surface area contributed by atoms with Gasteiger partial charge in [-0.15, -0.1) is 0 Å². The average molecular weight is 283 g/mol. The van der Waals surface area contributed by atoms with E-state index >= 15 is 0 Å². The number of carbonyl (C=O) groups excluding carboxylic acids is 1. The van der Waals surface area contributed by atoms with Gasteiger partial charge in [-0.05, 0) is 33.6 Å². The van der Waals surface area contributed by atoms with E-state index in [4.69, 9.17) is 0 Å². The minimum atomic E-state index is -3.59. The Balaban J connectivity index is 2.53. The number of fused-ring (bicyclic) bond motifs is 1. The normalized spacial score (nSPS) is 16.5. The van der Waals surface area contributed by atoms with E-state index in [9.17, 15) is 13.2 Å². The molecule has 7 heteroatoms. The molecular formula is C12H17N3O3S. The fourth-order valence-corrected chi connectivity index (χ4v) is 2.70. The molecule has 104 valence electrons. The number of amides is 1. The van der Waals surface area contributed by atoms with E-state index in [1.807, 2.05) is 0 Å². The van der Waals surface area contributed by atoms with Crippen LogP contribution in [0.3, 0.4) is 0 Å². The molecule has 0 fully saturated rings. The molecule has 1 aromatic rings. The van der Waals surface area contributed by atoms with Crippen LogP contribution >= 0.6 is 0 Å². The lowest BCUT2D eigenvalue weighted by molar-refractivity contribution is 0.0955. The molecule has 1 aliphatic heterocycles. The van der Waals surface area contributed by atoms with Gasteiger partial charge in [0.2, 0.25) is 15.0 Å². The Morgan fingerprint density at radius 2 is 2.00 bits per heavy atom. The lowest BCUT2D eigenvalue weighted by atomic mass is 10.1. The Bertz CT molecular complexity index is 618. The van der Waals surface area contributed by atoms with Crippen molar-refractivity contribution in [3.63, 3.8) is 0 Å². The lowest BCUT2D eigenvalue weighted by Crippen LogP contribution is -2.30. The van der Waals surface area contributed by atoms with E-state index in [-0.39, 0.29) is 11.1 Å². The van der Waals surface area contributed by atoms with E-state index in [1.54, 1.807) is 20.8 Å². The molecule has 0 saturated carbocycles. The molecule has 0 saturated heterocycles. The van der Waals surface area contributed by atoms with Gasteiger partial charge in [0.15, 0.2) is 0 Å². The molecule has 0 bridgehead atoms. The maximum atomic E-state index is 12.3. The van der Waals surface area contributed by atoms with Gasteiger partial charge in [-0.2, -0.15) is 0 Å². The predicted molar refractivity (Wildman–Crippen MR) is 69.6 cm³/mol. The van der Waals surface area contributed by atoms with E-state index < -0.39 is 14.6 Å². The van der Waals surface area contributed by atoms with Crippen LogP contribution in [-0.4, -0.2) is 35.6 Å². The van der Waals surface area contributed by atoms with E-state index in [0.717, 1.165) is 6.42 Å². The molecular weight excluding hydrogens is 266 g/mol. The van der Waals surface area contributed by atoms with Crippen molar-refractivity contribution < 1.29 is 13.2 Å². The first-order chi connectivity index (χ1) is 8.73. The number of nitrogens with one attached hydrogen (secondary N) is 1. The maximum Gasteiger partial charge on any atom is 0.254 e. The van der Waals surface area contributed by atoms with E-state index in [2.05, 4.69) is 15.3 Å². The van der Waals surface area contributed by atoms with Crippen molar-refractivity contribution in [3.05, 3.63) is 17.5 Å². The van der Waals surface area contributed by atoms with Crippen molar-refractivity contribution in [2.24, 2.45) is 0 Å². The summed E-state index contributed by atoms with van der Waals surface area (Å²) < 4.78 is 23.6. The number of rotatable bonds is 1. The fraction of sp³-hybridized carbons (Fsp3) is 0.583. The zero-order valence-electron chi connectivity index (χ0n) is 11.2. The molecule has 2 heterocycles. The highest BCUT2D eigenvalue weighted by Gasteiger charge is 2.34. The minimum absolute atomic E-state index is 0.201. The van der Waals surface area contributed by atoms with Gasteiger partial charge in [-0.1, -0.05) is 0 Å². The summed E-state index contributed by atoms with van der Waals surface area (Å²) in [4.78, 5) is 19.7. The highest BCUT2D eigenvalue weighted by Crippen LogP contribution is 2.23. The van der Waals surface area contributed by atoms with Gasteiger partial charge in [-0.25, -0.2) is 18.4 Å². The SMILES string of the molecule is CC(C)(C)S(=O)(=O)c1ncc2c(n1)CCCNC2=O. The number of aryl methyl sites for hydroxylation is 1. The fourth-order valence-electron chi connectivity index (χ4n) is 1.74. The third-order valence-corrected chi connectivity index (χ3v) is 5.30. The molecule has 1 aliphatic rings. The number of sulfone groups is 1. The summed E-state index contributed by atoms with van der Waals surface area (Å²) in [5, 5.41) is 2.52. The second-order valence-corrected chi connectivity index (χ2v) is 8.08. The van der Waals surface area contributed by atoms with Crippen molar-refractivity contribution in [2.75, 3.05) is 6.54 Å². The summed E-state index contributed by atoms with van der Waals surface area (Å²) in [5.74, 6) is -0.243. The molecule has 0 aromatic carbocycles. The van der Waals surface area contributed by atoms with Gasteiger partial charge >= 0.3 is 0 Å². The van der Waals surface area contributed by atoms with Crippen molar-refractivity contribution in [1.29, 1.82) is 0 Å². The second-order valence-electron chi connectivity index (χ2n) is 5.49. The molecule has 0 spiro atoms. The molecule has 0 unspecified atom stereocenters. The van der Waals surface area contributed by atoms with E-state index in [1.165, 1.54) is 6.20 Å². The number of nitrogens with zero attached hydrogens (tertiary/aromatic N) is 2. The molecule has 19 heavy (non-hydrogen) atoms. The third kappa shape index (κ3) is 2.47. The summed E-state index contributed by atoms with van der Waals surface area (Å²) in [6, 6.07) is 0. The van der Waals surface area contributed by atoms with Crippen LogP contribution in [0.25, 0.3) is 0 Å². The van der Waals surface area contributed by atoms with Gasteiger partial charge in [0.1, 0.15) is 0 Å². The summed E-state index contributed by atoms with van der Waals surface area (Å²) >= 11 is 0. The van der Waals surface area contributed by atoms with Crippen LogP contribution in [0.2, 0.25) is 0 Å². The van der Waals surface area contributed by atoms with Crippen molar-refractivity contribution in [2.45, 2.75) is 43.5 Å². The number of aromatic nitrogens is 2. The summed E-state index contributed by atoms with van der Waals surface area (Å²) in [5.41, 5.74) is 0.873. The Morgan fingerprint density at radius 1 is 1.32 bits per heavy atom. The Labute approximate surface area is 112 Å². The largest absolute Gasteiger partial charge is 0.352 e. The molecule has 0 aliphatic carbocycles. The second kappa shape index (κ2) is 4.56. The zero-order valence-corrected chi connectivity index (χ0v) is 12.0. The van der Waals surface area contributed by atoms with Gasteiger partial charge in [0.25, 0.3) is 5.91 Å². The summed E-state index contributed by atoms with van der Waals surface area (Å²) in [7, 11) is -3.59. The van der Waals surface area contributed by atoms with Crippen LogP contribution in [0.15, 0.2) is 11.4 Å². The Kier molecular flexibility index (Phi) is 3.34. The van der Waals surface area contributed by atoms with Crippen LogP contribution in [0.5, 0.6) is 0 Å². The highest BCUT2D eigenvalue weighted by atomic mass is 32.2. The zero-order chi connectivity index (χ0) is 14.3. The number of hydrogen-bond donors (Lipinski definition) is 1. The Hall–Kier alpha value is -1.50. The first-order valence-corrected chi connectivity index (χ1v) is 7.60. The molecule has 0 atom stereocenters. The standard InChI is InChI=1S/C12H17N3O3S/c1-12(2,3)19(17,18)11-14-7-8-9(15-11)5-4-6-13-10(8)16/h7H,4-6H2,1-3H3,(H,13,16). The van der Waals surface area contributed by atoms with Crippen LogP contribution in [0.4, 0.5) is 0 Å². The molecule has 1 N–H and O–H groups in total. The van der Waals surface area contributed by atoms with Crippen LogP contribution in [0, 0.1) is 0 Å². The van der Waals surface area contributed by atoms with Gasteiger partial charge < -0.3 is 5.32 Å². The number of hydrogen-bond acceptors (Lipinski definition) is 5. The predicted octanol–water partition coefficient (Wildman–Crippen LogP) is 0.725. The summed E-state index contributed by atoms with van der Waals surface area (Å²) in [6.07, 6.45) is 2.62. The van der Waals surface area contributed by atoms with Gasteiger partial charge in [0.05, 0.1) is 16.0 Å². The molecule has 0 radical (unpaired) electrons. The summed E-state index contributed by atoms with van der Waals surface area (Å²) in [6.45, 7) is 5.37. The number of carbonyl (C=O) groups is 1. The molecule has 1 aromatic heterocycles. The van der Waals surface area contributed by atoms with Crippen molar-refractivity contribution in [3.8, 4) is 0 Å². The molecule has 6 nitrogen and oxygen atoms in total. The highest BCUT2D eigenvalue weighted by molar-refractivity contribution is 7.92. The topological polar surface area (TPSA) is 89.0 Å². The Morgan fingerprint density at radius 3 is 2.63 bits per heavy atom. The van der Waals surface area contributed by atoms with Crippen molar-refractivity contribution in [1.82, 2.24) is 15.3 Å². The van der Waals surface area contributed by atoms with Gasteiger partial charge in [0, 0.05) is 12.7 Å². The quantitative estimate of drug-likeness (QED) is 0.767. The van der Waals surface area contributed by atoms with Crippen LogP contribution in [0.1, 0.15) is 43.2 Å². The first-order valence-electron chi connectivity index (χ1n) is 6.12. The minimum Gasteiger partial charge on any atom is -0.352 e. The molecule has 1 amide bonds. The van der Waals surface area contributed by atoms with Crippen LogP contribution < -0.4 is 5.32 Å². The van der Waals surface area contributed by atoms with Crippen molar-refractivity contribution >= 4 is 15.7 Å². The maximum absolute atomic E-state index is 12.3. The lowest BCUT2D eigenvalue weighted by Gasteiger charge is -2.18. The van der Waals surface area contributed by atoms with Crippen LogP contribution in [-0.2, 0) is 16.3 Å². The smallest absolute Gasteiger partial charge is 0.254 e. The van der Waals surface area contributed by atoms with E-state index in [0.29, 0.717) is 24.2 Å². The average Bonchev–Trinajstić information content (AvgIpc) is 2.49. The third-order valence-electron chi connectivity index (χ3n) is 3.01. The molecule has 2 rings (SSSR count). The monoisotopic (exact) mass is 283 g/mol.